The molecule has 0 bridgehead atoms. The Morgan fingerprint density at radius 1 is 1.21 bits per heavy atom. The molecule has 0 unspecified atom stereocenters. The Kier molecular flexibility index (Phi) is 4.77. The van der Waals surface area contributed by atoms with Crippen LogP contribution in [0.5, 0.6) is 0 Å². The van der Waals surface area contributed by atoms with E-state index >= 15 is 0 Å². The standard InChI is InChI=1S/C15H17BrN2S/c1-4-13(14-10(2)19-11(3)15(14)16)18-17-12-8-6-5-7-9-12/h5-9,17H,4H2,1-3H3. The lowest BCUT2D eigenvalue weighted by atomic mass is 10.1. The zero-order chi connectivity index (χ0) is 13.8. The van der Waals surface area contributed by atoms with Crippen LogP contribution < -0.4 is 5.43 Å². The lowest BCUT2D eigenvalue weighted by molar-refractivity contribution is 1.21. The molecule has 0 amide bonds. The van der Waals surface area contributed by atoms with Gasteiger partial charge in [-0.3, -0.25) is 5.43 Å². The van der Waals surface area contributed by atoms with Crippen molar-refractivity contribution in [2.24, 2.45) is 5.10 Å². The number of nitrogens with zero attached hydrogens (tertiary/aromatic N) is 1. The predicted octanol–water partition coefficient (Wildman–Crippen LogP) is 5.35. The van der Waals surface area contributed by atoms with Crippen LogP contribution in [0.1, 0.15) is 28.7 Å². The van der Waals surface area contributed by atoms with Crippen molar-refractivity contribution >= 4 is 38.7 Å². The number of anilines is 1. The fourth-order valence-electron chi connectivity index (χ4n) is 1.94. The molecule has 1 aromatic carbocycles. The average molecular weight is 337 g/mol. The predicted molar refractivity (Wildman–Crippen MR) is 88.4 cm³/mol. The quantitative estimate of drug-likeness (QED) is 0.590. The fourth-order valence-corrected chi connectivity index (χ4v) is 3.82. The fraction of sp³-hybridized carbons (Fsp3) is 0.267. The van der Waals surface area contributed by atoms with Crippen molar-refractivity contribution in [1.82, 2.24) is 0 Å². The summed E-state index contributed by atoms with van der Waals surface area (Å²) in [7, 11) is 0. The topological polar surface area (TPSA) is 24.4 Å². The second-order valence-corrected chi connectivity index (χ2v) is 6.52. The number of halogens is 1. The van der Waals surface area contributed by atoms with Gasteiger partial charge in [0.1, 0.15) is 0 Å². The number of hydrazone groups is 1. The molecule has 19 heavy (non-hydrogen) atoms. The smallest absolute Gasteiger partial charge is 0.0699 e. The Morgan fingerprint density at radius 3 is 2.42 bits per heavy atom. The molecule has 1 N–H and O–H groups in total. The molecule has 1 aromatic heterocycles. The Labute approximate surface area is 126 Å². The SMILES string of the molecule is CCC(=NNc1ccccc1)c1c(C)sc(C)c1Br. The Morgan fingerprint density at radius 2 is 1.89 bits per heavy atom. The molecule has 4 heteroatoms. The van der Waals surface area contributed by atoms with Gasteiger partial charge in [-0.15, -0.1) is 11.3 Å². The van der Waals surface area contributed by atoms with Crippen molar-refractivity contribution in [3.63, 3.8) is 0 Å². The van der Waals surface area contributed by atoms with Gasteiger partial charge in [-0.05, 0) is 48.3 Å². The van der Waals surface area contributed by atoms with Crippen LogP contribution in [0.15, 0.2) is 39.9 Å². The second kappa shape index (κ2) is 6.35. The van der Waals surface area contributed by atoms with Gasteiger partial charge in [-0.1, -0.05) is 25.1 Å². The summed E-state index contributed by atoms with van der Waals surface area (Å²) >= 11 is 5.48. The van der Waals surface area contributed by atoms with Gasteiger partial charge in [0.25, 0.3) is 0 Å². The van der Waals surface area contributed by atoms with E-state index < -0.39 is 0 Å². The van der Waals surface area contributed by atoms with Crippen LogP contribution in [0, 0.1) is 13.8 Å². The van der Waals surface area contributed by atoms with E-state index in [1.54, 1.807) is 11.3 Å². The normalized spacial score (nSPS) is 11.7. The van der Waals surface area contributed by atoms with Crippen molar-refractivity contribution < 1.29 is 0 Å². The first-order valence-corrected chi connectivity index (χ1v) is 7.88. The van der Waals surface area contributed by atoms with Gasteiger partial charge >= 0.3 is 0 Å². The molecule has 0 fully saturated rings. The number of rotatable bonds is 4. The third kappa shape index (κ3) is 3.25. The number of aryl methyl sites for hydroxylation is 2. The van der Waals surface area contributed by atoms with E-state index in [9.17, 15) is 0 Å². The second-order valence-electron chi connectivity index (χ2n) is 4.29. The third-order valence-corrected chi connectivity index (χ3v) is 5.18. The first-order valence-electron chi connectivity index (χ1n) is 6.27. The molecule has 2 aromatic rings. The summed E-state index contributed by atoms with van der Waals surface area (Å²) in [4.78, 5) is 2.60. The van der Waals surface area contributed by atoms with E-state index in [4.69, 9.17) is 0 Å². The van der Waals surface area contributed by atoms with Crippen LogP contribution in [0.25, 0.3) is 0 Å². The molecule has 0 aliphatic carbocycles. The van der Waals surface area contributed by atoms with Gasteiger partial charge in [0, 0.05) is 19.8 Å². The molecule has 0 saturated carbocycles. The lowest BCUT2D eigenvalue weighted by Crippen LogP contribution is -2.04. The van der Waals surface area contributed by atoms with Crippen molar-refractivity contribution in [2.45, 2.75) is 27.2 Å². The molecular weight excluding hydrogens is 320 g/mol. The van der Waals surface area contributed by atoms with Crippen molar-refractivity contribution in [2.75, 3.05) is 5.43 Å². The molecule has 0 spiro atoms. The molecule has 2 rings (SSSR count). The Balaban J connectivity index is 2.29. The summed E-state index contributed by atoms with van der Waals surface area (Å²) in [5, 5.41) is 4.56. The molecule has 2 nitrogen and oxygen atoms in total. The molecule has 0 atom stereocenters. The van der Waals surface area contributed by atoms with E-state index in [2.05, 4.69) is 47.2 Å². The van der Waals surface area contributed by atoms with Crippen LogP contribution in [0.3, 0.4) is 0 Å². The molecule has 100 valence electrons. The number of benzene rings is 1. The lowest BCUT2D eigenvalue weighted by Gasteiger charge is -2.06. The van der Waals surface area contributed by atoms with Gasteiger partial charge in [0.2, 0.25) is 0 Å². The minimum atomic E-state index is 0.898. The molecular formula is C15H17BrN2S. The van der Waals surface area contributed by atoms with Crippen molar-refractivity contribution in [3.8, 4) is 0 Å². The first-order chi connectivity index (χ1) is 9.13. The van der Waals surface area contributed by atoms with Crippen molar-refractivity contribution in [1.29, 1.82) is 0 Å². The van der Waals surface area contributed by atoms with E-state index in [0.29, 0.717) is 0 Å². The molecule has 1 heterocycles. The van der Waals surface area contributed by atoms with Crippen molar-refractivity contribution in [3.05, 3.63) is 50.1 Å². The highest BCUT2D eigenvalue weighted by Crippen LogP contribution is 2.33. The Hall–Kier alpha value is -1.13. The van der Waals surface area contributed by atoms with Gasteiger partial charge in [-0.2, -0.15) is 5.10 Å². The van der Waals surface area contributed by atoms with Crippen LogP contribution in [0.4, 0.5) is 5.69 Å². The van der Waals surface area contributed by atoms with Gasteiger partial charge in [0.15, 0.2) is 0 Å². The van der Waals surface area contributed by atoms with Gasteiger partial charge in [0.05, 0.1) is 11.4 Å². The summed E-state index contributed by atoms with van der Waals surface area (Å²) in [6.45, 7) is 6.40. The zero-order valence-electron chi connectivity index (χ0n) is 11.3. The van der Waals surface area contributed by atoms with E-state index in [0.717, 1.165) is 17.8 Å². The highest BCUT2D eigenvalue weighted by Gasteiger charge is 2.15. The number of thiophene rings is 1. The maximum atomic E-state index is 4.56. The van der Waals surface area contributed by atoms with E-state index in [1.165, 1.54) is 19.8 Å². The summed E-state index contributed by atoms with van der Waals surface area (Å²) in [5.74, 6) is 0. The maximum Gasteiger partial charge on any atom is 0.0699 e. The van der Waals surface area contributed by atoms with Crippen LogP contribution in [-0.4, -0.2) is 5.71 Å². The molecule has 0 aliphatic rings. The van der Waals surface area contributed by atoms with Gasteiger partial charge in [-0.25, -0.2) is 0 Å². The maximum absolute atomic E-state index is 4.56. The highest BCUT2D eigenvalue weighted by molar-refractivity contribution is 9.10. The summed E-state index contributed by atoms with van der Waals surface area (Å²) in [5.41, 5.74) is 6.45. The Bertz CT molecular complexity index is 588. The summed E-state index contributed by atoms with van der Waals surface area (Å²) < 4.78 is 1.17. The number of para-hydroxylation sites is 1. The van der Waals surface area contributed by atoms with Crippen LogP contribution >= 0.6 is 27.3 Å². The van der Waals surface area contributed by atoms with E-state index in [-0.39, 0.29) is 0 Å². The largest absolute Gasteiger partial charge is 0.278 e. The van der Waals surface area contributed by atoms with Crippen LogP contribution in [-0.2, 0) is 0 Å². The monoisotopic (exact) mass is 336 g/mol. The average Bonchev–Trinajstić information content (AvgIpc) is 2.67. The minimum Gasteiger partial charge on any atom is -0.278 e. The minimum absolute atomic E-state index is 0.898. The number of nitrogens with one attached hydrogen (secondary N) is 1. The number of hydrogen-bond donors (Lipinski definition) is 1. The van der Waals surface area contributed by atoms with Gasteiger partial charge < -0.3 is 0 Å². The molecule has 0 radical (unpaired) electrons. The number of hydrogen-bond acceptors (Lipinski definition) is 3. The zero-order valence-corrected chi connectivity index (χ0v) is 13.7. The molecule has 0 aliphatic heterocycles. The third-order valence-electron chi connectivity index (χ3n) is 2.90. The highest BCUT2D eigenvalue weighted by atomic mass is 79.9. The first kappa shape index (κ1) is 14.3. The van der Waals surface area contributed by atoms with Crippen LogP contribution in [0.2, 0.25) is 0 Å². The molecule has 0 saturated heterocycles. The van der Waals surface area contributed by atoms with E-state index in [1.807, 2.05) is 30.3 Å². The summed E-state index contributed by atoms with van der Waals surface area (Å²) in [6.07, 6.45) is 0.898. The summed E-state index contributed by atoms with van der Waals surface area (Å²) in [6, 6.07) is 10.0.